The van der Waals surface area contributed by atoms with Crippen molar-refractivity contribution >= 4 is 21.9 Å². The Morgan fingerprint density at radius 1 is 1.60 bits per heavy atom. The molecule has 1 atom stereocenters. The zero-order valence-electron chi connectivity index (χ0n) is 7.98. The number of nitrogens with zero attached hydrogens (tertiary/aromatic N) is 1. The van der Waals surface area contributed by atoms with Crippen LogP contribution in [0.1, 0.15) is 18.4 Å². The van der Waals surface area contributed by atoms with Gasteiger partial charge >= 0.3 is 5.97 Å². The standard InChI is InChI=1S/C10H11BrN2O2/c11-7-3-6(4-13-5-7)10(1-2-10)8(12)9(14)15/h3-5,8H,1-2,12H2,(H,14,15). The molecule has 0 spiro atoms. The van der Waals surface area contributed by atoms with Gasteiger partial charge in [0.25, 0.3) is 0 Å². The van der Waals surface area contributed by atoms with E-state index in [0.717, 1.165) is 22.9 Å². The van der Waals surface area contributed by atoms with Gasteiger partial charge in [0.2, 0.25) is 0 Å². The van der Waals surface area contributed by atoms with Gasteiger partial charge in [-0.1, -0.05) is 0 Å². The number of aromatic nitrogens is 1. The SMILES string of the molecule is NC(C(=O)O)C1(c2cncc(Br)c2)CC1. The van der Waals surface area contributed by atoms with Crippen LogP contribution >= 0.6 is 15.9 Å². The van der Waals surface area contributed by atoms with E-state index in [9.17, 15) is 4.79 Å². The molecule has 1 aromatic rings. The van der Waals surface area contributed by atoms with Crippen LogP contribution in [0, 0.1) is 0 Å². The van der Waals surface area contributed by atoms with Crippen LogP contribution in [0.2, 0.25) is 0 Å². The lowest BCUT2D eigenvalue weighted by molar-refractivity contribution is -0.139. The Hall–Kier alpha value is -0.940. The third kappa shape index (κ3) is 1.77. The van der Waals surface area contributed by atoms with Crippen LogP contribution in [0.4, 0.5) is 0 Å². The molecule has 1 fully saturated rings. The van der Waals surface area contributed by atoms with E-state index < -0.39 is 17.4 Å². The number of rotatable bonds is 3. The molecule has 4 nitrogen and oxygen atoms in total. The third-order valence-corrected chi connectivity index (χ3v) is 3.36. The zero-order valence-corrected chi connectivity index (χ0v) is 9.57. The Bertz CT molecular complexity index is 404. The molecule has 0 saturated heterocycles. The molecule has 15 heavy (non-hydrogen) atoms. The second kappa shape index (κ2) is 3.57. The predicted molar refractivity (Wildman–Crippen MR) is 58.5 cm³/mol. The first-order chi connectivity index (χ1) is 7.06. The Balaban J connectivity index is 2.34. The van der Waals surface area contributed by atoms with Gasteiger partial charge in [-0.2, -0.15) is 0 Å². The number of halogens is 1. The van der Waals surface area contributed by atoms with E-state index in [1.165, 1.54) is 0 Å². The smallest absolute Gasteiger partial charge is 0.321 e. The minimum absolute atomic E-state index is 0.400. The predicted octanol–water partition coefficient (Wildman–Crippen LogP) is 1.29. The lowest BCUT2D eigenvalue weighted by atomic mass is 9.90. The van der Waals surface area contributed by atoms with Crippen molar-refractivity contribution in [3.63, 3.8) is 0 Å². The van der Waals surface area contributed by atoms with Crippen LogP contribution in [0.25, 0.3) is 0 Å². The fraction of sp³-hybridized carbons (Fsp3) is 0.400. The van der Waals surface area contributed by atoms with Crippen LogP contribution in [0.15, 0.2) is 22.9 Å². The van der Waals surface area contributed by atoms with Gasteiger partial charge in [0.1, 0.15) is 6.04 Å². The van der Waals surface area contributed by atoms with Crippen molar-refractivity contribution in [1.82, 2.24) is 4.98 Å². The molecule has 2 rings (SSSR count). The minimum atomic E-state index is -0.951. The molecule has 1 unspecified atom stereocenters. The molecule has 1 heterocycles. The first-order valence-corrected chi connectivity index (χ1v) is 5.45. The van der Waals surface area contributed by atoms with Gasteiger partial charge < -0.3 is 10.8 Å². The Kier molecular flexibility index (Phi) is 2.52. The molecule has 1 aliphatic carbocycles. The molecule has 3 N–H and O–H groups in total. The van der Waals surface area contributed by atoms with Crippen LogP contribution in [0.3, 0.4) is 0 Å². The topological polar surface area (TPSA) is 76.2 Å². The highest BCUT2D eigenvalue weighted by Gasteiger charge is 2.52. The molecule has 80 valence electrons. The summed E-state index contributed by atoms with van der Waals surface area (Å²) in [7, 11) is 0. The number of hydrogen-bond acceptors (Lipinski definition) is 3. The Morgan fingerprint density at radius 3 is 2.73 bits per heavy atom. The van der Waals surface area contributed by atoms with Crippen LogP contribution in [-0.2, 0) is 10.2 Å². The van der Waals surface area contributed by atoms with E-state index in [-0.39, 0.29) is 0 Å². The zero-order chi connectivity index (χ0) is 11.1. The largest absolute Gasteiger partial charge is 0.480 e. The van der Waals surface area contributed by atoms with Crippen molar-refractivity contribution in [2.24, 2.45) is 5.73 Å². The fourth-order valence-corrected chi connectivity index (χ4v) is 2.20. The van der Waals surface area contributed by atoms with Gasteiger partial charge in [-0.25, -0.2) is 0 Å². The van der Waals surface area contributed by atoms with Gasteiger partial charge in [-0.3, -0.25) is 9.78 Å². The summed E-state index contributed by atoms with van der Waals surface area (Å²) in [4.78, 5) is 14.9. The summed E-state index contributed by atoms with van der Waals surface area (Å²) in [5.41, 5.74) is 6.21. The van der Waals surface area contributed by atoms with Crippen molar-refractivity contribution in [1.29, 1.82) is 0 Å². The summed E-state index contributed by atoms with van der Waals surface area (Å²) in [6.07, 6.45) is 5.00. The van der Waals surface area contributed by atoms with E-state index in [0.29, 0.717) is 0 Å². The molecule has 0 amide bonds. The monoisotopic (exact) mass is 270 g/mol. The number of hydrogen-bond donors (Lipinski definition) is 2. The van der Waals surface area contributed by atoms with Crippen LogP contribution in [0.5, 0.6) is 0 Å². The molecule has 0 bridgehead atoms. The van der Waals surface area contributed by atoms with E-state index in [1.807, 2.05) is 6.07 Å². The molecule has 1 saturated carbocycles. The maximum Gasteiger partial charge on any atom is 0.321 e. The number of nitrogens with two attached hydrogens (primary N) is 1. The van der Waals surface area contributed by atoms with Crippen LogP contribution in [-0.4, -0.2) is 22.1 Å². The lowest BCUT2D eigenvalue weighted by Gasteiger charge is -2.19. The normalized spacial score (nSPS) is 19.6. The molecule has 1 aromatic heterocycles. The highest BCUT2D eigenvalue weighted by atomic mass is 79.9. The average Bonchev–Trinajstić information content (AvgIpc) is 2.97. The van der Waals surface area contributed by atoms with Crippen molar-refractivity contribution < 1.29 is 9.90 Å². The molecule has 5 heteroatoms. The summed E-state index contributed by atoms with van der Waals surface area (Å²) >= 11 is 3.32. The second-order valence-electron chi connectivity index (χ2n) is 3.86. The molecular weight excluding hydrogens is 260 g/mol. The summed E-state index contributed by atoms with van der Waals surface area (Å²) in [5.74, 6) is -0.951. The van der Waals surface area contributed by atoms with Gasteiger partial charge in [0, 0.05) is 22.3 Å². The third-order valence-electron chi connectivity index (χ3n) is 2.93. The number of pyridine rings is 1. The molecule has 1 aliphatic rings. The Labute approximate surface area is 95.6 Å². The highest BCUT2D eigenvalue weighted by molar-refractivity contribution is 9.10. The van der Waals surface area contributed by atoms with Crippen molar-refractivity contribution in [3.8, 4) is 0 Å². The molecule has 0 aliphatic heterocycles. The Morgan fingerprint density at radius 2 is 2.27 bits per heavy atom. The molecule has 0 radical (unpaired) electrons. The van der Waals surface area contributed by atoms with E-state index in [2.05, 4.69) is 20.9 Å². The maximum absolute atomic E-state index is 10.9. The van der Waals surface area contributed by atoms with E-state index in [1.54, 1.807) is 12.4 Å². The van der Waals surface area contributed by atoms with E-state index in [4.69, 9.17) is 10.8 Å². The quantitative estimate of drug-likeness (QED) is 0.868. The van der Waals surface area contributed by atoms with Crippen LogP contribution < -0.4 is 5.73 Å². The molecule has 0 aromatic carbocycles. The fourth-order valence-electron chi connectivity index (χ4n) is 1.83. The average molecular weight is 271 g/mol. The number of carboxylic acids is 1. The second-order valence-corrected chi connectivity index (χ2v) is 4.78. The van der Waals surface area contributed by atoms with E-state index >= 15 is 0 Å². The van der Waals surface area contributed by atoms with Gasteiger partial charge in [-0.05, 0) is 40.4 Å². The summed E-state index contributed by atoms with van der Waals surface area (Å²) < 4.78 is 0.851. The van der Waals surface area contributed by atoms with Crippen molar-refractivity contribution in [3.05, 3.63) is 28.5 Å². The van der Waals surface area contributed by atoms with Crippen molar-refractivity contribution in [2.45, 2.75) is 24.3 Å². The van der Waals surface area contributed by atoms with Gasteiger partial charge in [0.15, 0.2) is 0 Å². The first kappa shape index (κ1) is 10.6. The summed E-state index contributed by atoms with van der Waals surface area (Å²) in [6, 6.07) is 1.05. The number of carbonyl (C=O) groups is 1. The summed E-state index contributed by atoms with van der Waals surface area (Å²) in [6.45, 7) is 0. The minimum Gasteiger partial charge on any atom is -0.480 e. The van der Waals surface area contributed by atoms with Gasteiger partial charge in [-0.15, -0.1) is 0 Å². The first-order valence-electron chi connectivity index (χ1n) is 4.66. The molecular formula is C10H11BrN2O2. The number of aliphatic carboxylic acids is 1. The highest BCUT2D eigenvalue weighted by Crippen LogP contribution is 2.50. The summed E-state index contributed by atoms with van der Waals surface area (Å²) in [5, 5.41) is 8.93. The maximum atomic E-state index is 10.9. The van der Waals surface area contributed by atoms with Crippen molar-refractivity contribution in [2.75, 3.05) is 0 Å². The van der Waals surface area contributed by atoms with Gasteiger partial charge in [0.05, 0.1) is 0 Å². The number of carboxylic acid groups (broad SMARTS) is 1. The lowest BCUT2D eigenvalue weighted by Crippen LogP contribution is -2.42.